The lowest BCUT2D eigenvalue weighted by atomic mass is 9.99. The van der Waals surface area contributed by atoms with E-state index in [0.29, 0.717) is 32.1 Å². The van der Waals surface area contributed by atoms with E-state index in [1.807, 2.05) is 23.9 Å². The first-order valence-electron chi connectivity index (χ1n) is 10.4. The van der Waals surface area contributed by atoms with E-state index in [1.54, 1.807) is 0 Å². The van der Waals surface area contributed by atoms with Crippen molar-refractivity contribution in [3.63, 3.8) is 0 Å². The van der Waals surface area contributed by atoms with Gasteiger partial charge >= 0.3 is 18.2 Å². The summed E-state index contributed by atoms with van der Waals surface area (Å²) < 4.78 is 37.7. The van der Waals surface area contributed by atoms with Crippen molar-refractivity contribution in [2.45, 2.75) is 56.5 Å². The Morgan fingerprint density at radius 3 is 2.32 bits per heavy atom. The molecule has 2 saturated heterocycles. The number of carbonyl (C=O) groups is 3. The van der Waals surface area contributed by atoms with Crippen molar-refractivity contribution < 1.29 is 37.4 Å². The molecule has 2 bridgehead atoms. The standard InChI is InChI=1S/C17H30N4O3.C2HF3O2/c1-20(2)8-7-18-16(22)14-9-13-10-21(11-15(14)24-13)17(23)19-12-5-3-4-6-12;3-2(4,5)1(6)7/h12-15H,3-11H2,1-2H3,(H,18,22)(H,19,23);(H,6,7)/t13-,14+,15-;/m1./s1. The summed E-state index contributed by atoms with van der Waals surface area (Å²) in [6.07, 6.45) is 0.0223. The third-order valence-corrected chi connectivity index (χ3v) is 5.56. The van der Waals surface area contributed by atoms with Crippen LogP contribution in [0.15, 0.2) is 0 Å². The number of urea groups is 1. The maximum atomic E-state index is 12.4. The van der Waals surface area contributed by atoms with E-state index in [-0.39, 0.29) is 30.1 Å². The van der Waals surface area contributed by atoms with Crippen LogP contribution in [-0.2, 0) is 14.3 Å². The van der Waals surface area contributed by atoms with E-state index in [1.165, 1.54) is 12.8 Å². The molecule has 3 rings (SSSR count). The van der Waals surface area contributed by atoms with Crippen molar-refractivity contribution in [1.82, 2.24) is 20.4 Å². The predicted molar refractivity (Wildman–Crippen MR) is 104 cm³/mol. The lowest BCUT2D eigenvalue weighted by Crippen LogP contribution is -2.52. The Morgan fingerprint density at radius 1 is 1.16 bits per heavy atom. The second-order valence-corrected chi connectivity index (χ2v) is 8.37. The molecular formula is C19H31F3N4O5. The van der Waals surface area contributed by atoms with E-state index in [9.17, 15) is 22.8 Å². The number of rotatable bonds is 5. The highest BCUT2D eigenvalue weighted by Gasteiger charge is 2.45. The molecule has 0 aromatic heterocycles. The summed E-state index contributed by atoms with van der Waals surface area (Å²) in [7, 11) is 3.97. The number of nitrogens with zero attached hydrogens (tertiary/aromatic N) is 2. The van der Waals surface area contributed by atoms with E-state index < -0.39 is 12.1 Å². The minimum absolute atomic E-state index is 0.00821. The Labute approximate surface area is 179 Å². The molecular weight excluding hydrogens is 421 g/mol. The molecule has 1 aliphatic carbocycles. The van der Waals surface area contributed by atoms with Gasteiger partial charge in [-0.15, -0.1) is 0 Å². The van der Waals surface area contributed by atoms with E-state index in [2.05, 4.69) is 10.6 Å². The van der Waals surface area contributed by atoms with Gasteiger partial charge in [-0.05, 0) is 33.4 Å². The Balaban J connectivity index is 0.000000423. The van der Waals surface area contributed by atoms with Gasteiger partial charge in [-0.25, -0.2) is 9.59 Å². The van der Waals surface area contributed by atoms with Gasteiger partial charge in [-0.3, -0.25) is 4.79 Å². The number of hydrogen-bond acceptors (Lipinski definition) is 5. The van der Waals surface area contributed by atoms with Gasteiger partial charge in [0.1, 0.15) is 0 Å². The van der Waals surface area contributed by atoms with Gasteiger partial charge in [0, 0.05) is 32.2 Å². The highest BCUT2D eigenvalue weighted by Crippen LogP contribution is 2.32. The number of carboxylic acid groups (broad SMARTS) is 1. The average molecular weight is 452 g/mol. The SMILES string of the molecule is CN(C)CCNC(=O)[C@H]1C[C@@H]2CN(C(=O)NC3CCCC3)C[C@H]1O2.O=C(O)C(F)(F)F. The molecule has 9 nitrogen and oxygen atoms in total. The molecule has 3 N–H and O–H groups in total. The lowest BCUT2D eigenvalue weighted by Gasteiger charge is -2.33. The molecule has 2 aliphatic heterocycles. The van der Waals surface area contributed by atoms with E-state index in [4.69, 9.17) is 14.6 Å². The number of likely N-dealkylation sites (N-methyl/N-ethyl adjacent to an activating group) is 1. The average Bonchev–Trinajstić information content (AvgIpc) is 3.28. The molecule has 3 fully saturated rings. The molecule has 0 aromatic carbocycles. The van der Waals surface area contributed by atoms with Crippen LogP contribution in [0.2, 0.25) is 0 Å². The van der Waals surface area contributed by atoms with Gasteiger partial charge in [0.05, 0.1) is 18.1 Å². The smallest absolute Gasteiger partial charge is 0.475 e. The molecule has 0 spiro atoms. The van der Waals surface area contributed by atoms with Crippen LogP contribution in [0.25, 0.3) is 0 Å². The Kier molecular flexibility index (Phi) is 8.92. The first kappa shape index (κ1) is 25.2. The molecule has 0 unspecified atom stereocenters. The highest BCUT2D eigenvalue weighted by molar-refractivity contribution is 5.80. The zero-order valence-electron chi connectivity index (χ0n) is 17.8. The van der Waals surface area contributed by atoms with Crippen molar-refractivity contribution in [2.75, 3.05) is 40.3 Å². The zero-order chi connectivity index (χ0) is 23.2. The van der Waals surface area contributed by atoms with E-state index in [0.717, 1.165) is 19.4 Å². The summed E-state index contributed by atoms with van der Waals surface area (Å²) in [4.78, 5) is 37.6. The minimum atomic E-state index is -5.08. The fourth-order valence-corrected chi connectivity index (χ4v) is 3.97. The summed E-state index contributed by atoms with van der Waals surface area (Å²) >= 11 is 0. The molecule has 0 radical (unpaired) electrons. The molecule has 3 aliphatic rings. The van der Waals surface area contributed by atoms with Gasteiger partial charge in [0.15, 0.2) is 0 Å². The third kappa shape index (κ3) is 7.84. The first-order valence-corrected chi connectivity index (χ1v) is 10.4. The summed E-state index contributed by atoms with van der Waals surface area (Å²) in [5.41, 5.74) is 0. The number of fused-ring (bicyclic) bond motifs is 2. The van der Waals surface area contributed by atoms with Crippen molar-refractivity contribution >= 4 is 17.9 Å². The van der Waals surface area contributed by atoms with Crippen LogP contribution in [0, 0.1) is 5.92 Å². The normalized spacial score (nSPS) is 25.7. The maximum Gasteiger partial charge on any atom is 0.490 e. The van der Waals surface area contributed by atoms with Crippen molar-refractivity contribution in [3.05, 3.63) is 0 Å². The summed E-state index contributed by atoms with van der Waals surface area (Å²) in [6.45, 7) is 2.58. The summed E-state index contributed by atoms with van der Waals surface area (Å²) in [5.74, 6) is -2.84. The van der Waals surface area contributed by atoms with Gasteiger partial charge in [-0.1, -0.05) is 12.8 Å². The van der Waals surface area contributed by atoms with Crippen LogP contribution in [0.1, 0.15) is 32.1 Å². The number of halogens is 3. The van der Waals surface area contributed by atoms with Gasteiger partial charge < -0.3 is 30.3 Å². The molecule has 3 amide bonds. The van der Waals surface area contributed by atoms with Crippen LogP contribution in [0.5, 0.6) is 0 Å². The fraction of sp³-hybridized carbons (Fsp3) is 0.842. The fourth-order valence-electron chi connectivity index (χ4n) is 3.97. The molecule has 31 heavy (non-hydrogen) atoms. The molecule has 178 valence electrons. The van der Waals surface area contributed by atoms with Crippen LogP contribution in [-0.4, -0.2) is 97.5 Å². The van der Waals surface area contributed by atoms with Crippen LogP contribution < -0.4 is 10.6 Å². The summed E-state index contributed by atoms with van der Waals surface area (Å²) in [5, 5.41) is 13.3. The molecule has 0 aromatic rings. The number of aliphatic carboxylic acids is 1. The van der Waals surface area contributed by atoms with Gasteiger partial charge in [0.2, 0.25) is 5.91 Å². The minimum Gasteiger partial charge on any atom is -0.475 e. The highest BCUT2D eigenvalue weighted by atomic mass is 19.4. The van der Waals surface area contributed by atoms with Crippen LogP contribution in [0.4, 0.5) is 18.0 Å². The third-order valence-electron chi connectivity index (χ3n) is 5.56. The number of carboxylic acids is 1. The number of carbonyl (C=O) groups excluding carboxylic acids is 2. The van der Waals surface area contributed by atoms with Gasteiger partial charge in [0.25, 0.3) is 0 Å². The monoisotopic (exact) mass is 452 g/mol. The second kappa shape index (κ2) is 11.0. The van der Waals surface area contributed by atoms with Crippen LogP contribution in [0.3, 0.4) is 0 Å². The quantitative estimate of drug-likeness (QED) is 0.575. The number of amides is 3. The van der Waals surface area contributed by atoms with Crippen LogP contribution >= 0.6 is 0 Å². The second-order valence-electron chi connectivity index (χ2n) is 8.37. The maximum absolute atomic E-state index is 12.4. The molecule has 12 heteroatoms. The summed E-state index contributed by atoms with van der Waals surface area (Å²) in [6, 6.07) is 0.331. The Hall–Kier alpha value is -2.08. The number of likely N-dealkylation sites (tertiary alicyclic amines) is 1. The molecule has 3 atom stereocenters. The Morgan fingerprint density at radius 2 is 1.77 bits per heavy atom. The Bertz CT molecular complexity index is 641. The van der Waals surface area contributed by atoms with E-state index >= 15 is 0 Å². The predicted octanol–water partition coefficient (Wildman–Crippen LogP) is 1.04. The lowest BCUT2D eigenvalue weighted by molar-refractivity contribution is -0.192. The van der Waals surface area contributed by atoms with Crippen molar-refractivity contribution in [1.29, 1.82) is 0 Å². The first-order chi connectivity index (χ1) is 14.5. The van der Waals surface area contributed by atoms with Crippen molar-refractivity contribution in [2.24, 2.45) is 5.92 Å². The molecule has 1 saturated carbocycles. The topological polar surface area (TPSA) is 111 Å². The number of ether oxygens (including phenoxy) is 1. The molecule has 2 heterocycles. The number of nitrogens with one attached hydrogen (secondary N) is 2. The van der Waals surface area contributed by atoms with Gasteiger partial charge in [-0.2, -0.15) is 13.2 Å². The zero-order valence-corrected chi connectivity index (χ0v) is 17.8. The largest absolute Gasteiger partial charge is 0.490 e. The number of alkyl halides is 3. The number of hydrogen-bond donors (Lipinski definition) is 3. The van der Waals surface area contributed by atoms with Crippen molar-refractivity contribution in [3.8, 4) is 0 Å². The number of morpholine rings is 1.